The number of pyridine rings is 1. The minimum atomic E-state index is -3.28. The summed E-state index contributed by atoms with van der Waals surface area (Å²) in [5, 5.41) is 3.88. The standard InChI is InChI=1S/C17H22N4O3S/c1-25(23,24)19-12-14-8-2-3-11-21(14)17(22)20-15-9-4-6-13-7-5-10-18-16(13)15/h4-7,9-10,14,19H,2-3,8,11-12H2,1H3,(H,20,22). The van der Waals surface area contributed by atoms with Gasteiger partial charge in [-0.15, -0.1) is 0 Å². The lowest BCUT2D eigenvalue weighted by Gasteiger charge is -2.35. The van der Waals surface area contributed by atoms with E-state index in [9.17, 15) is 13.2 Å². The molecule has 0 aliphatic carbocycles. The lowest BCUT2D eigenvalue weighted by atomic mass is 10.0. The predicted molar refractivity (Wildman–Crippen MR) is 98.0 cm³/mol. The molecule has 8 heteroatoms. The molecule has 2 N–H and O–H groups in total. The van der Waals surface area contributed by atoms with Crippen LogP contribution in [0.15, 0.2) is 36.5 Å². The van der Waals surface area contributed by atoms with Crippen LogP contribution in [0.25, 0.3) is 10.9 Å². The van der Waals surface area contributed by atoms with Crippen molar-refractivity contribution in [2.24, 2.45) is 0 Å². The fraction of sp³-hybridized carbons (Fsp3) is 0.412. The third kappa shape index (κ3) is 4.46. The Kier molecular flexibility index (Phi) is 5.19. The van der Waals surface area contributed by atoms with Crippen molar-refractivity contribution in [2.75, 3.05) is 24.7 Å². The highest BCUT2D eigenvalue weighted by Gasteiger charge is 2.27. The van der Waals surface area contributed by atoms with E-state index in [0.29, 0.717) is 12.2 Å². The number of amides is 2. The number of hydrogen-bond donors (Lipinski definition) is 2. The molecule has 7 nitrogen and oxygen atoms in total. The molecule has 1 aromatic carbocycles. The van der Waals surface area contributed by atoms with Crippen molar-refractivity contribution < 1.29 is 13.2 Å². The number of anilines is 1. The number of nitrogens with zero attached hydrogens (tertiary/aromatic N) is 2. The number of rotatable bonds is 4. The van der Waals surface area contributed by atoms with Gasteiger partial charge in [-0.1, -0.05) is 18.2 Å². The first kappa shape index (κ1) is 17.6. The van der Waals surface area contributed by atoms with Crippen molar-refractivity contribution >= 4 is 32.6 Å². The third-order valence-electron chi connectivity index (χ3n) is 4.34. The maximum atomic E-state index is 12.8. The molecule has 2 aromatic rings. The second-order valence-corrected chi connectivity index (χ2v) is 8.11. The lowest BCUT2D eigenvalue weighted by molar-refractivity contribution is 0.164. The van der Waals surface area contributed by atoms with E-state index in [0.717, 1.165) is 36.4 Å². The Balaban J connectivity index is 1.76. The number of piperidine rings is 1. The minimum Gasteiger partial charge on any atom is -0.320 e. The van der Waals surface area contributed by atoms with Crippen LogP contribution in [0, 0.1) is 0 Å². The zero-order chi connectivity index (χ0) is 17.9. The van der Waals surface area contributed by atoms with E-state index in [4.69, 9.17) is 0 Å². The first-order valence-corrected chi connectivity index (χ1v) is 10.2. The summed E-state index contributed by atoms with van der Waals surface area (Å²) in [6, 6.07) is 9.06. The number of carbonyl (C=O) groups is 1. The van der Waals surface area contributed by atoms with Crippen molar-refractivity contribution in [3.05, 3.63) is 36.5 Å². The molecule has 0 radical (unpaired) electrons. The van der Waals surface area contributed by atoms with E-state index < -0.39 is 10.0 Å². The van der Waals surface area contributed by atoms with Gasteiger partial charge >= 0.3 is 6.03 Å². The number of urea groups is 1. The number of para-hydroxylation sites is 1. The Bertz CT molecular complexity index is 864. The number of hydrogen-bond acceptors (Lipinski definition) is 4. The second kappa shape index (κ2) is 7.37. The van der Waals surface area contributed by atoms with E-state index in [-0.39, 0.29) is 18.6 Å². The highest BCUT2D eigenvalue weighted by molar-refractivity contribution is 7.88. The van der Waals surface area contributed by atoms with E-state index in [1.165, 1.54) is 0 Å². The molecule has 2 amide bonds. The van der Waals surface area contributed by atoms with Crippen molar-refractivity contribution in [1.29, 1.82) is 0 Å². The summed E-state index contributed by atoms with van der Waals surface area (Å²) in [6.45, 7) is 0.847. The van der Waals surface area contributed by atoms with Crippen molar-refractivity contribution in [1.82, 2.24) is 14.6 Å². The molecule has 1 aromatic heterocycles. The molecular weight excluding hydrogens is 340 g/mol. The van der Waals surface area contributed by atoms with Gasteiger partial charge in [-0.2, -0.15) is 0 Å². The summed E-state index contributed by atoms with van der Waals surface area (Å²) in [5.74, 6) is 0. The molecule has 1 aliphatic rings. The van der Waals surface area contributed by atoms with Crippen LogP contribution >= 0.6 is 0 Å². The van der Waals surface area contributed by atoms with Crippen LogP contribution in [0.2, 0.25) is 0 Å². The monoisotopic (exact) mass is 362 g/mol. The van der Waals surface area contributed by atoms with Crippen molar-refractivity contribution in [3.63, 3.8) is 0 Å². The van der Waals surface area contributed by atoms with Crippen LogP contribution in [-0.2, 0) is 10.0 Å². The zero-order valence-electron chi connectivity index (χ0n) is 14.1. The number of benzene rings is 1. The molecule has 0 spiro atoms. The largest absolute Gasteiger partial charge is 0.322 e. The number of fused-ring (bicyclic) bond motifs is 1. The Morgan fingerprint density at radius 3 is 2.88 bits per heavy atom. The average Bonchev–Trinajstić information content (AvgIpc) is 2.60. The van der Waals surface area contributed by atoms with Gasteiger partial charge in [0.1, 0.15) is 0 Å². The van der Waals surface area contributed by atoms with Crippen LogP contribution in [-0.4, -0.2) is 49.7 Å². The molecule has 2 heterocycles. The fourth-order valence-corrected chi connectivity index (χ4v) is 3.61. The molecule has 1 atom stereocenters. The normalized spacial score (nSPS) is 18.3. The van der Waals surface area contributed by atoms with Gasteiger partial charge in [-0.05, 0) is 31.4 Å². The second-order valence-electron chi connectivity index (χ2n) is 6.27. The van der Waals surface area contributed by atoms with Gasteiger partial charge in [0.25, 0.3) is 0 Å². The Hall–Kier alpha value is -2.19. The summed E-state index contributed by atoms with van der Waals surface area (Å²) in [5.41, 5.74) is 1.39. The lowest BCUT2D eigenvalue weighted by Crippen LogP contribution is -2.50. The first-order chi connectivity index (χ1) is 11.9. The van der Waals surface area contributed by atoms with Gasteiger partial charge in [0.05, 0.1) is 17.5 Å². The average molecular weight is 362 g/mol. The highest BCUT2D eigenvalue weighted by atomic mass is 32.2. The van der Waals surface area contributed by atoms with E-state index in [2.05, 4.69) is 15.0 Å². The quantitative estimate of drug-likeness (QED) is 0.872. The highest BCUT2D eigenvalue weighted by Crippen LogP contribution is 2.23. The molecule has 1 unspecified atom stereocenters. The van der Waals surface area contributed by atoms with Crippen LogP contribution in [0.4, 0.5) is 10.5 Å². The summed E-state index contributed by atoms with van der Waals surface area (Å²) in [4.78, 5) is 18.8. The molecule has 1 saturated heterocycles. The van der Waals surface area contributed by atoms with Crippen molar-refractivity contribution in [3.8, 4) is 0 Å². The number of aromatic nitrogens is 1. The van der Waals surface area contributed by atoms with Gasteiger partial charge in [0.15, 0.2) is 0 Å². The predicted octanol–water partition coefficient (Wildman–Crippen LogP) is 2.17. The number of likely N-dealkylation sites (tertiary alicyclic amines) is 1. The maximum Gasteiger partial charge on any atom is 0.322 e. The molecule has 1 aliphatic heterocycles. The Morgan fingerprint density at radius 2 is 2.08 bits per heavy atom. The molecule has 25 heavy (non-hydrogen) atoms. The minimum absolute atomic E-state index is 0.147. The van der Waals surface area contributed by atoms with E-state index in [1.807, 2.05) is 30.3 Å². The SMILES string of the molecule is CS(=O)(=O)NCC1CCCCN1C(=O)Nc1cccc2cccnc12. The molecule has 0 bridgehead atoms. The molecule has 134 valence electrons. The fourth-order valence-electron chi connectivity index (χ4n) is 3.12. The van der Waals surface area contributed by atoms with Gasteiger partial charge in [-0.25, -0.2) is 17.9 Å². The first-order valence-electron chi connectivity index (χ1n) is 8.30. The number of carbonyl (C=O) groups excluding carboxylic acids is 1. The number of nitrogens with one attached hydrogen (secondary N) is 2. The van der Waals surface area contributed by atoms with E-state index >= 15 is 0 Å². The van der Waals surface area contributed by atoms with Crippen LogP contribution in [0.1, 0.15) is 19.3 Å². The summed E-state index contributed by atoms with van der Waals surface area (Å²) >= 11 is 0. The van der Waals surface area contributed by atoms with E-state index in [1.54, 1.807) is 11.1 Å². The summed E-state index contributed by atoms with van der Waals surface area (Å²) in [7, 11) is -3.28. The van der Waals surface area contributed by atoms with Crippen LogP contribution < -0.4 is 10.0 Å². The molecule has 1 fully saturated rings. The molecular formula is C17H22N4O3S. The molecule has 0 saturated carbocycles. The molecule has 3 rings (SSSR count). The maximum absolute atomic E-state index is 12.8. The summed E-state index contributed by atoms with van der Waals surface area (Å²) in [6.07, 6.45) is 5.50. The topological polar surface area (TPSA) is 91.4 Å². The Labute approximate surface area is 147 Å². The summed E-state index contributed by atoms with van der Waals surface area (Å²) < 4.78 is 25.2. The Morgan fingerprint density at radius 1 is 1.28 bits per heavy atom. The van der Waals surface area contributed by atoms with Crippen molar-refractivity contribution in [2.45, 2.75) is 25.3 Å². The van der Waals surface area contributed by atoms with Gasteiger partial charge < -0.3 is 10.2 Å². The smallest absolute Gasteiger partial charge is 0.320 e. The van der Waals surface area contributed by atoms with Gasteiger partial charge in [0, 0.05) is 30.7 Å². The van der Waals surface area contributed by atoms with Crippen LogP contribution in [0.5, 0.6) is 0 Å². The van der Waals surface area contributed by atoms with Gasteiger partial charge in [-0.3, -0.25) is 4.98 Å². The zero-order valence-corrected chi connectivity index (χ0v) is 14.9. The van der Waals surface area contributed by atoms with Gasteiger partial charge in [0.2, 0.25) is 10.0 Å². The number of sulfonamides is 1. The van der Waals surface area contributed by atoms with Crippen LogP contribution in [0.3, 0.4) is 0 Å². The third-order valence-corrected chi connectivity index (χ3v) is 5.03.